The van der Waals surface area contributed by atoms with E-state index >= 15 is 0 Å². The Labute approximate surface area is 194 Å². The van der Waals surface area contributed by atoms with Crippen LogP contribution in [-0.4, -0.2) is 42.6 Å². The van der Waals surface area contributed by atoms with Crippen molar-refractivity contribution in [2.45, 2.75) is 73.0 Å². The van der Waals surface area contributed by atoms with Gasteiger partial charge >= 0.3 is 23.9 Å². The number of rotatable bonds is 12. The highest BCUT2D eigenvalue weighted by Crippen LogP contribution is 2.31. The highest BCUT2D eigenvalue weighted by atomic mass is 16.6. The van der Waals surface area contributed by atoms with E-state index in [-0.39, 0.29) is 36.4 Å². The molecular formula is C24H35NO8. The maximum absolute atomic E-state index is 12.3. The van der Waals surface area contributed by atoms with Crippen LogP contribution in [0.5, 0.6) is 11.5 Å². The van der Waals surface area contributed by atoms with Crippen LogP contribution in [0.3, 0.4) is 0 Å². The first-order chi connectivity index (χ1) is 15.5. The lowest BCUT2D eigenvalue weighted by Crippen LogP contribution is -2.36. The number of benzene rings is 1. The summed E-state index contributed by atoms with van der Waals surface area (Å²) >= 11 is 0. The molecule has 0 radical (unpaired) electrons. The molecule has 0 aromatic heterocycles. The molecule has 0 saturated heterocycles. The van der Waals surface area contributed by atoms with E-state index in [0.29, 0.717) is 18.4 Å². The lowest BCUT2D eigenvalue weighted by Gasteiger charge is -2.17. The second kappa shape index (κ2) is 13.6. The molecule has 0 amide bonds. The van der Waals surface area contributed by atoms with Crippen LogP contribution in [0.1, 0.15) is 59.9 Å². The fourth-order valence-corrected chi connectivity index (χ4v) is 2.56. The van der Waals surface area contributed by atoms with Crippen LogP contribution in [0.15, 0.2) is 18.2 Å². The summed E-state index contributed by atoms with van der Waals surface area (Å²) in [4.78, 5) is 47.7. The Morgan fingerprint density at radius 2 is 1.42 bits per heavy atom. The predicted molar refractivity (Wildman–Crippen MR) is 120 cm³/mol. The molecule has 184 valence electrons. The Hall–Kier alpha value is -2.94. The van der Waals surface area contributed by atoms with E-state index in [1.807, 2.05) is 13.8 Å². The summed E-state index contributed by atoms with van der Waals surface area (Å²) in [5.74, 6) is -2.50. The average Bonchev–Trinajstić information content (AvgIpc) is 2.77. The van der Waals surface area contributed by atoms with Gasteiger partial charge in [0.05, 0.1) is 11.8 Å². The smallest absolute Gasteiger partial charge is 0.323 e. The van der Waals surface area contributed by atoms with Gasteiger partial charge in [0, 0.05) is 6.92 Å². The van der Waals surface area contributed by atoms with Gasteiger partial charge in [-0.3, -0.25) is 19.2 Å². The first-order valence-electron chi connectivity index (χ1n) is 11.1. The summed E-state index contributed by atoms with van der Waals surface area (Å²) < 4.78 is 20.9. The Bertz CT molecular complexity index is 838. The van der Waals surface area contributed by atoms with Gasteiger partial charge in [-0.05, 0) is 43.9 Å². The van der Waals surface area contributed by atoms with Crippen molar-refractivity contribution in [3.05, 3.63) is 23.8 Å². The van der Waals surface area contributed by atoms with Crippen molar-refractivity contribution in [3.8, 4) is 11.5 Å². The van der Waals surface area contributed by atoms with Crippen LogP contribution in [0, 0.1) is 11.8 Å². The third-order valence-corrected chi connectivity index (χ3v) is 5.04. The van der Waals surface area contributed by atoms with E-state index in [2.05, 4.69) is 0 Å². The van der Waals surface area contributed by atoms with Crippen molar-refractivity contribution in [3.63, 3.8) is 0 Å². The first kappa shape index (κ1) is 28.1. The van der Waals surface area contributed by atoms with Gasteiger partial charge in [0.1, 0.15) is 18.8 Å². The normalized spacial score (nSPS) is 14.4. The van der Waals surface area contributed by atoms with Gasteiger partial charge in [-0.1, -0.05) is 33.8 Å². The van der Waals surface area contributed by atoms with Crippen molar-refractivity contribution in [1.82, 2.24) is 0 Å². The molecule has 0 bridgehead atoms. The SMILES string of the molecule is CCC(C)C(=O)Oc1ccc(C[C@H](N)C(=O)OC[C@H](C)OC(C)=O)cc1OC(=O)C(C)CC. The van der Waals surface area contributed by atoms with Gasteiger partial charge in [-0.15, -0.1) is 0 Å². The van der Waals surface area contributed by atoms with Crippen LogP contribution in [0.4, 0.5) is 0 Å². The highest BCUT2D eigenvalue weighted by Gasteiger charge is 2.22. The molecule has 1 aromatic rings. The maximum Gasteiger partial charge on any atom is 0.323 e. The Balaban J connectivity index is 2.96. The molecule has 0 saturated carbocycles. The standard InChI is InChI=1S/C24H35NO8/c1-7-14(3)22(27)32-20-10-9-18(12-21(20)33-23(28)15(4)8-2)11-19(25)24(29)30-13-16(5)31-17(6)26/h9-10,12,14-16,19H,7-8,11,13,25H2,1-6H3/t14?,15?,16-,19-/m0/s1. The summed E-state index contributed by atoms with van der Waals surface area (Å²) in [5.41, 5.74) is 6.54. The Morgan fingerprint density at radius 1 is 0.879 bits per heavy atom. The number of nitrogens with two attached hydrogens (primary N) is 1. The third kappa shape index (κ3) is 9.61. The average molecular weight is 466 g/mol. The summed E-state index contributed by atoms with van der Waals surface area (Å²) in [7, 11) is 0. The lowest BCUT2D eigenvalue weighted by molar-refractivity contribution is -0.157. The number of esters is 4. The van der Waals surface area contributed by atoms with Crippen LogP contribution in [0.25, 0.3) is 0 Å². The van der Waals surface area contributed by atoms with Crippen molar-refractivity contribution in [2.24, 2.45) is 17.6 Å². The molecule has 0 aliphatic rings. The fraction of sp³-hybridized carbons (Fsp3) is 0.583. The number of hydrogen-bond donors (Lipinski definition) is 1. The topological polar surface area (TPSA) is 131 Å². The monoisotopic (exact) mass is 465 g/mol. The van der Waals surface area contributed by atoms with Gasteiger partial charge in [-0.25, -0.2) is 0 Å². The van der Waals surface area contributed by atoms with E-state index in [4.69, 9.17) is 24.7 Å². The molecule has 0 fully saturated rings. The molecule has 0 aliphatic carbocycles. The van der Waals surface area contributed by atoms with Crippen molar-refractivity contribution in [2.75, 3.05) is 6.61 Å². The number of ether oxygens (including phenoxy) is 4. The summed E-state index contributed by atoms with van der Waals surface area (Å²) in [6.07, 6.45) is 0.688. The largest absolute Gasteiger partial charge is 0.461 e. The van der Waals surface area contributed by atoms with Crippen molar-refractivity contribution < 1.29 is 38.1 Å². The lowest BCUT2D eigenvalue weighted by atomic mass is 10.1. The van der Waals surface area contributed by atoms with E-state index < -0.39 is 36.0 Å². The minimum absolute atomic E-state index is 0.0819. The molecule has 9 nitrogen and oxygen atoms in total. The van der Waals surface area contributed by atoms with Gasteiger partial charge < -0.3 is 24.7 Å². The second-order valence-corrected chi connectivity index (χ2v) is 8.10. The molecule has 0 spiro atoms. The first-order valence-corrected chi connectivity index (χ1v) is 11.1. The molecule has 9 heteroatoms. The second-order valence-electron chi connectivity index (χ2n) is 8.10. The molecule has 0 heterocycles. The minimum Gasteiger partial charge on any atom is -0.461 e. The van der Waals surface area contributed by atoms with Gasteiger partial charge in [0.25, 0.3) is 0 Å². The van der Waals surface area contributed by atoms with Gasteiger partial charge in [0.2, 0.25) is 0 Å². The van der Waals surface area contributed by atoms with Crippen molar-refractivity contribution in [1.29, 1.82) is 0 Å². The fourth-order valence-electron chi connectivity index (χ4n) is 2.56. The van der Waals surface area contributed by atoms with Crippen LogP contribution >= 0.6 is 0 Å². The molecular weight excluding hydrogens is 430 g/mol. The highest BCUT2D eigenvalue weighted by molar-refractivity contribution is 5.79. The van der Waals surface area contributed by atoms with E-state index in [1.54, 1.807) is 26.8 Å². The van der Waals surface area contributed by atoms with E-state index in [0.717, 1.165) is 0 Å². The number of hydrogen-bond acceptors (Lipinski definition) is 9. The Morgan fingerprint density at radius 3 is 1.94 bits per heavy atom. The zero-order chi connectivity index (χ0) is 25.1. The molecule has 33 heavy (non-hydrogen) atoms. The molecule has 2 unspecified atom stereocenters. The summed E-state index contributed by atoms with van der Waals surface area (Å²) in [6, 6.07) is 3.67. The van der Waals surface area contributed by atoms with Gasteiger partial charge in [0.15, 0.2) is 11.5 Å². The predicted octanol–water partition coefficient (Wildman–Crippen LogP) is 2.95. The Kier molecular flexibility index (Phi) is 11.6. The zero-order valence-electron chi connectivity index (χ0n) is 20.2. The minimum atomic E-state index is -0.999. The van der Waals surface area contributed by atoms with Crippen LogP contribution in [0.2, 0.25) is 0 Å². The summed E-state index contributed by atoms with van der Waals surface area (Å²) in [6.45, 7) is 9.95. The molecule has 1 aromatic carbocycles. The molecule has 4 atom stereocenters. The zero-order valence-corrected chi connectivity index (χ0v) is 20.2. The number of carbonyl (C=O) groups excluding carboxylic acids is 4. The molecule has 1 rings (SSSR count). The van der Waals surface area contributed by atoms with Crippen LogP contribution in [-0.2, 0) is 35.1 Å². The van der Waals surface area contributed by atoms with Crippen molar-refractivity contribution >= 4 is 23.9 Å². The summed E-state index contributed by atoms with van der Waals surface area (Å²) in [5, 5.41) is 0. The van der Waals surface area contributed by atoms with Crippen LogP contribution < -0.4 is 15.2 Å². The van der Waals surface area contributed by atoms with E-state index in [1.165, 1.54) is 19.1 Å². The molecule has 2 N–H and O–H groups in total. The van der Waals surface area contributed by atoms with E-state index in [9.17, 15) is 19.2 Å². The van der Waals surface area contributed by atoms with Gasteiger partial charge in [-0.2, -0.15) is 0 Å². The quantitative estimate of drug-likeness (QED) is 0.365. The number of carbonyl (C=O) groups is 4. The third-order valence-electron chi connectivity index (χ3n) is 5.04. The molecule has 0 aliphatic heterocycles. The maximum atomic E-state index is 12.3.